The lowest BCUT2D eigenvalue weighted by molar-refractivity contribution is 0.106. The second-order valence-corrected chi connectivity index (χ2v) is 6.93. The lowest BCUT2D eigenvalue weighted by atomic mass is 10.1. The smallest absolute Gasteiger partial charge is 0.268 e. The molecule has 0 atom stereocenters. The largest absolute Gasteiger partial charge is 0.302 e. The maximum Gasteiger partial charge on any atom is 0.268 e. The highest BCUT2D eigenvalue weighted by atomic mass is 32.1. The fourth-order valence-electron chi connectivity index (χ4n) is 2.55. The number of Topliss-reactive ketones (excluding diaryl/α,β-unsaturated/α-hetero) is 1. The summed E-state index contributed by atoms with van der Waals surface area (Å²) in [4.78, 5) is 25.0. The van der Waals surface area contributed by atoms with Gasteiger partial charge in [0.25, 0.3) is 5.56 Å². The van der Waals surface area contributed by atoms with E-state index in [1.807, 2.05) is 25.1 Å². The molecule has 1 heterocycles. The van der Waals surface area contributed by atoms with Crippen molar-refractivity contribution in [1.29, 1.82) is 5.26 Å². The van der Waals surface area contributed by atoms with Crippen LogP contribution in [0.3, 0.4) is 0 Å². The molecule has 1 aromatic heterocycles. The van der Waals surface area contributed by atoms with Crippen molar-refractivity contribution in [2.24, 2.45) is 7.05 Å². The van der Waals surface area contributed by atoms with E-state index in [0.29, 0.717) is 20.3 Å². The Labute approximate surface area is 154 Å². The molecule has 0 aliphatic rings. The average Bonchev–Trinajstić information content (AvgIpc) is 2.90. The molecule has 0 saturated heterocycles. The standard InChI is InChI=1S/C21H16N2O2S/c1-14-5-3-4-6-17(14)18(24)12-20-23(2)21(25)19(26-20)11-15-7-9-16(13-22)10-8-15/h3-12H,1-2H3/b19-11-,20-12-. The third-order valence-electron chi connectivity index (χ3n) is 4.06. The van der Waals surface area contributed by atoms with Crippen molar-refractivity contribution in [1.82, 2.24) is 4.57 Å². The third kappa shape index (κ3) is 3.56. The van der Waals surface area contributed by atoms with Crippen LogP contribution >= 0.6 is 11.3 Å². The first-order chi connectivity index (χ1) is 12.5. The van der Waals surface area contributed by atoms with Crippen molar-refractivity contribution >= 4 is 29.3 Å². The highest BCUT2D eigenvalue weighted by molar-refractivity contribution is 7.07. The maximum atomic E-state index is 12.5. The quantitative estimate of drug-likeness (QED) is 0.672. The number of carbonyl (C=O) groups is 1. The molecule has 5 heteroatoms. The van der Waals surface area contributed by atoms with Crippen LogP contribution in [0.2, 0.25) is 0 Å². The number of thiazole rings is 1. The Kier molecular flexibility index (Phi) is 4.97. The van der Waals surface area contributed by atoms with Gasteiger partial charge in [-0.3, -0.25) is 9.59 Å². The summed E-state index contributed by atoms with van der Waals surface area (Å²) in [7, 11) is 1.66. The number of rotatable bonds is 3. The molecule has 0 radical (unpaired) electrons. The van der Waals surface area contributed by atoms with E-state index in [1.54, 1.807) is 43.5 Å². The Morgan fingerprint density at radius 1 is 1.15 bits per heavy atom. The first kappa shape index (κ1) is 17.6. The van der Waals surface area contributed by atoms with Gasteiger partial charge in [-0.1, -0.05) is 36.4 Å². The van der Waals surface area contributed by atoms with Gasteiger partial charge in [0, 0.05) is 18.7 Å². The average molecular weight is 360 g/mol. The summed E-state index contributed by atoms with van der Waals surface area (Å²) < 4.78 is 2.63. The summed E-state index contributed by atoms with van der Waals surface area (Å²) in [5.74, 6) is -0.120. The minimum absolute atomic E-state index is 0.120. The summed E-state index contributed by atoms with van der Waals surface area (Å²) in [6.45, 7) is 1.89. The third-order valence-corrected chi connectivity index (χ3v) is 5.18. The van der Waals surface area contributed by atoms with Crippen LogP contribution in [0.15, 0.2) is 53.3 Å². The monoisotopic (exact) mass is 360 g/mol. The van der Waals surface area contributed by atoms with Crippen LogP contribution in [0.25, 0.3) is 12.2 Å². The van der Waals surface area contributed by atoms with Gasteiger partial charge in [-0.05, 0) is 36.3 Å². The molecule has 128 valence electrons. The molecule has 4 nitrogen and oxygen atoms in total. The van der Waals surface area contributed by atoms with Gasteiger partial charge in [0.1, 0.15) is 4.66 Å². The van der Waals surface area contributed by atoms with Crippen molar-refractivity contribution in [3.63, 3.8) is 0 Å². The number of nitriles is 1. The van der Waals surface area contributed by atoms with Crippen LogP contribution in [0.1, 0.15) is 27.0 Å². The SMILES string of the molecule is Cc1ccccc1C(=O)/C=c1\s/c(=C\c2ccc(C#N)cc2)c(=O)n1C. The van der Waals surface area contributed by atoms with Gasteiger partial charge in [0.05, 0.1) is 16.2 Å². The molecule has 0 fully saturated rings. The number of nitrogens with zero attached hydrogens (tertiary/aromatic N) is 2. The summed E-state index contributed by atoms with van der Waals surface area (Å²) in [6, 6.07) is 16.4. The molecule has 0 amide bonds. The first-order valence-electron chi connectivity index (χ1n) is 7.99. The van der Waals surface area contributed by atoms with Crippen LogP contribution in [0.5, 0.6) is 0 Å². The second-order valence-electron chi connectivity index (χ2n) is 5.87. The molecule has 2 aromatic carbocycles. The topological polar surface area (TPSA) is 62.9 Å². The van der Waals surface area contributed by atoms with Crippen molar-refractivity contribution in [3.8, 4) is 6.07 Å². The second kappa shape index (κ2) is 7.34. The molecular weight excluding hydrogens is 344 g/mol. The fourth-order valence-corrected chi connectivity index (χ4v) is 3.58. The zero-order chi connectivity index (χ0) is 18.7. The van der Waals surface area contributed by atoms with Crippen LogP contribution in [0.4, 0.5) is 0 Å². The van der Waals surface area contributed by atoms with E-state index in [2.05, 4.69) is 6.07 Å². The van der Waals surface area contributed by atoms with Gasteiger partial charge >= 0.3 is 0 Å². The summed E-state index contributed by atoms with van der Waals surface area (Å²) in [5, 5.41) is 8.85. The zero-order valence-electron chi connectivity index (χ0n) is 14.4. The highest BCUT2D eigenvalue weighted by Crippen LogP contribution is 2.08. The lowest BCUT2D eigenvalue weighted by Gasteiger charge is -1.99. The van der Waals surface area contributed by atoms with E-state index in [-0.39, 0.29) is 11.3 Å². The number of hydrogen-bond acceptors (Lipinski definition) is 4. The van der Waals surface area contributed by atoms with Crippen molar-refractivity contribution in [3.05, 3.63) is 90.3 Å². The normalized spacial score (nSPS) is 12.2. The van der Waals surface area contributed by atoms with Gasteiger partial charge in [-0.25, -0.2) is 0 Å². The Bertz CT molecular complexity index is 1190. The lowest BCUT2D eigenvalue weighted by Crippen LogP contribution is -2.29. The molecule has 0 unspecified atom stereocenters. The number of aromatic nitrogens is 1. The molecule has 0 spiro atoms. The van der Waals surface area contributed by atoms with Gasteiger partial charge < -0.3 is 4.57 Å². The number of hydrogen-bond donors (Lipinski definition) is 0. The molecular formula is C21H16N2O2S. The predicted octanol–water partition coefficient (Wildman–Crippen LogP) is 2.12. The van der Waals surface area contributed by atoms with Crippen molar-refractivity contribution < 1.29 is 4.79 Å². The molecule has 3 aromatic rings. The number of aryl methyl sites for hydroxylation is 1. The van der Waals surface area contributed by atoms with E-state index in [9.17, 15) is 9.59 Å². The minimum Gasteiger partial charge on any atom is -0.302 e. The number of carbonyl (C=O) groups excluding carboxylic acids is 1. The zero-order valence-corrected chi connectivity index (χ0v) is 15.2. The summed E-state index contributed by atoms with van der Waals surface area (Å²) in [5.41, 5.74) is 2.78. The van der Waals surface area contributed by atoms with Crippen LogP contribution in [-0.4, -0.2) is 10.4 Å². The molecule has 0 saturated carbocycles. The Hall–Kier alpha value is -3.23. The van der Waals surface area contributed by atoms with Crippen LogP contribution in [-0.2, 0) is 7.05 Å². The van der Waals surface area contributed by atoms with E-state index in [4.69, 9.17) is 5.26 Å². The Morgan fingerprint density at radius 2 is 1.85 bits per heavy atom. The number of benzene rings is 2. The van der Waals surface area contributed by atoms with Gasteiger partial charge in [-0.2, -0.15) is 5.26 Å². The van der Waals surface area contributed by atoms with E-state index < -0.39 is 0 Å². The molecule has 0 bridgehead atoms. The highest BCUT2D eigenvalue weighted by Gasteiger charge is 2.07. The molecule has 26 heavy (non-hydrogen) atoms. The van der Waals surface area contributed by atoms with Crippen LogP contribution in [0, 0.1) is 18.3 Å². The van der Waals surface area contributed by atoms with Gasteiger partial charge in [0.15, 0.2) is 5.78 Å². The predicted molar refractivity (Wildman–Crippen MR) is 104 cm³/mol. The van der Waals surface area contributed by atoms with Crippen LogP contribution < -0.4 is 14.8 Å². The van der Waals surface area contributed by atoms with Gasteiger partial charge in [0.2, 0.25) is 0 Å². The fraction of sp³-hybridized carbons (Fsp3) is 0.0952. The molecule has 3 rings (SSSR count). The Morgan fingerprint density at radius 3 is 2.50 bits per heavy atom. The van der Waals surface area contributed by atoms with Crippen molar-refractivity contribution in [2.75, 3.05) is 0 Å². The molecule has 0 aliphatic carbocycles. The molecule has 0 aliphatic heterocycles. The number of ketones is 1. The summed E-state index contributed by atoms with van der Waals surface area (Å²) in [6.07, 6.45) is 3.27. The van der Waals surface area contributed by atoms with E-state index >= 15 is 0 Å². The van der Waals surface area contributed by atoms with E-state index in [1.165, 1.54) is 22.0 Å². The van der Waals surface area contributed by atoms with Gasteiger partial charge in [-0.15, -0.1) is 11.3 Å². The molecule has 0 N–H and O–H groups in total. The maximum absolute atomic E-state index is 12.5. The summed E-state index contributed by atoms with van der Waals surface area (Å²) >= 11 is 1.27. The minimum atomic E-state index is -0.150. The van der Waals surface area contributed by atoms with E-state index in [0.717, 1.165) is 11.1 Å². The first-order valence-corrected chi connectivity index (χ1v) is 8.80. The van der Waals surface area contributed by atoms with Crippen molar-refractivity contribution in [2.45, 2.75) is 6.92 Å². The Balaban J connectivity index is 2.06.